The molecular weight excluding hydrogens is 416 g/mol. The molecule has 0 radical (unpaired) electrons. The fourth-order valence-electron chi connectivity index (χ4n) is 4.41. The van der Waals surface area contributed by atoms with E-state index < -0.39 is 5.41 Å². The van der Waals surface area contributed by atoms with Gasteiger partial charge in [-0.25, -0.2) is 0 Å². The van der Waals surface area contributed by atoms with Crippen molar-refractivity contribution < 1.29 is 19.1 Å². The van der Waals surface area contributed by atoms with Crippen LogP contribution in [0.5, 0.6) is 0 Å². The van der Waals surface area contributed by atoms with E-state index in [1.165, 1.54) is 0 Å². The van der Waals surface area contributed by atoms with Crippen molar-refractivity contribution >= 4 is 11.8 Å². The molecule has 1 fully saturated rings. The quantitative estimate of drug-likeness (QED) is 0.603. The fraction of sp³-hybridized carbons (Fsp3) is 0.481. The molecule has 6 heteroatoms. The maximum absolute atomic E-state index is 13.4. The van der Waals surface area contributed by atoms with Gasteiger partial charge < -0.3 is 20.1 Å². The van der Waals surface area contributed by atoms with E-state index in [0.29, 0.717) is 44.6 Å². The number of ether oxygens (including phenoxy) is 2. The smallest absolute Gasteiger partial charge is 0.251 e. The molecule has 178 valence electrons. The van der Waals surface area contributed by atoms with E-state index in [1.807, 2.05) is 57.2 Å². The van der Waals surface area contributed by atoms with Crippen LogP contribution in [-0.2, 0) is 20.7 Å². The molecule has 1 aliphatic heterocycles. The van der Waals surface area contributed by atoms with Gasteiger partial charge in [0.2, 0.25) is 5.91 Å². The van der Waals surface area contributed by atoms with E-state index in [1.54, 1.807) is 7.11 Å². The molecule has 2 aromatic rings. The van der Waals surface area contributed by atoms with Crippen LogP contribution in [0.2, 0.25) is 0 Å². The Morgan fingerprint density at radius 2 is 1.76 bits per heavy atom. The van der Waals surface area contributed by atoms with Gasteiger partial charge in [-0.3, -0.25) is 9.59 Å². The molecule has 2 N–H and O–H groups in total. The lowest BCUT2D eigenvalue weighted by Gasteiger charge is -2.37. The third-order valence-electron chi connectivity index (χ3n) is 6.13. The molecule has 1 aliphatic rings. The summed E-state index contributed by atoms with van der Waals surface area (Å²) in [5, 5.41) is 6.09. The van der Waals surface area contributed by atoms with Gasteiger partial charge in [0.25, 0.3) is 5.91 Å². The highest BCUT2D eigenvalue weighted by Crippen LogP contribution is 2.38. The summed E-state index contributed by atoms with van der Waals surface area (Å²) in [4.78, 5) is 26.0. The first-order chi connectivity index (χ1) is 15.8. The number of carbonyl (C=O) groups is 2. The molecule has 2 amide bonds. The van der Waals surface area contributed by atoms with Crippen molar-refractivity contribution in [3.05, 3.63) is 59.7 Å². The van der Waals surface area contributed by atoms with Gasteiger partial charge in [-0.15, -0.1) is 0 Å². The van der Waals surface area contributed by atoms with Crippen molar-refractivity contribution in [3.63, 3.8) is 0 Å². The lowest BCUT2D eigenvalue weighted by molar-refractivity contribution is -0.137. The van der Waals surface area contributed by atoms with Gasteiger partial charge in [0, 0.05) is 38.0 Å². The Hall–Kier alpha value is -2.70. The van der Waals surface area contributed by atoms with Crippen LogP contribution in [0.25, 0.3) is 11.1 Å². The monoisotopic (exact) mass is 452 g/mol. The zero-order valence-corrected chi connectivity index (χ0v) is 20.1. The van der Waals surface area contributed by atoms with Crippen molar-refractivity contribution in [2.75, 3.05) is 26.9 Å². The average Bonchev–Trinajstić information content (AvgIpc) is 2.80. The average molecular weight is 453 g/mol. The summed E-state index contributed by atoms with van der Waals surface area (Å²) < 4.78 is 10.8. The highest BCUT2D eigenvalue weighted by Gasteiger charge is 2.41. The van der Waals surface area contributed by atoms with Crippen molar-refractivity contribution in [1.82, 2.24) is 10.6 Å². The molecule has 33 heavy (non-hydrogen) atoms. The zero-order valence-electron chi connectivity index (χ0n) is 20.1. The molecule has 0 aliphatic carbocycles. The van der Waals surface area contributed by atoms with Gasteiger partial charge in [-0.1, -0.05) is 36.4 Å². The van der Waals surface area contributed by atoms with Crippen LogP contribution in [-0.4, -0.2) is 50.8 Å². The SMILES string of the molecule is COC[C@@H](C)NC(=O)C1(Cc2ccccc2-c2cccc(C(=O)NC(C)C)c2)CCOCC1. The summed E-state index contributed by atoms with van der Waals surface area (Å²) in [5.74, 6) is -0.0352. The van der Waals surface area contributed by atoms with Gasteiger partial charge in [-0.05, 0) is 68.9 Å². The summed E-state index contributed by atoms with van der Waals surface area (Å²) in [6, 6.07) is 15.8. The number of hydrogen-bond acceptors (Lipinski definition) is 4. The molecule has 2 aromatic carbocycles. The molecule has 1 heterocycles. The van der Waals surface area contributed by atoms with Crippen LogP contribution in [0.4, 0.5) is 0 Å². The molecule has 1 atom stereocenters. The van der Waals surface area contributed by atoms with Crippen molar-refractivity contribution in [1.29, 1.82) is 0 Å². The number of hydrogen-bond donors (Lipinski definition) is 2. The summed E-state index contributed by atoms with van der Waals surface area (Å²) >= 11 is 0. The van der Waals surface area contributed by atoms with Crippen LogP contribution >= 0.6 is 0 Å². The molecule has 3 rings (SSSR count). The minimum atomic E-state index is -0.539. The summed E-state index contributed by atoms with van der Waals surface area (Å²) in [6.07, 6.45) is 1.95. The molecule has 0 spiro atoms. The minimum Gasteiger partial charge on any atom is -0.383 e. The molecule has 0 bridgehead atoms. The van der Waals surface area contributed by atoms with Crippen LogP contribution in [0.1, 0.15) is 49.5 Å². The Balaban J connectivity index is 1.91. The number of methoxy groups -OCH3 is 1. The number of rotatable bonds is 9. The van der Waals surface area contributed by atoms with E-state index in [0.717, 1.165) is 16.7 Å². The van der Waals surface area contributed by atoms with E-state index in [-0.39, 0.29) is 23.9 Å². The lowest BCUT2D eigenvalue weighted by atomic mass is 9.73. The van der Waals surface area contributed by atoms with Gasteiger partial charge in [0.1, 0.15) is 0 Å². The summed E-state index contributed by atoms with van der Waals surface area (Å²) in [6.45, 7) is 7.46. The maximum atomic E-state index is 13.4. The van der Waals surface area contributed by atoms with E-state index in [4.69, 9.17) is 9.47 Å². The highest BCUT2D eigenvalue weighted by atomic mass is 16.5. The first-order valence-electron chi connectivity index (χ1n) is 11.7. The summed E-state index contributed by atoms with van der Waals surface area (Å²) in [7, 11) is 1.64. The van der Waals surface area contributed by atoms with Gasteiger partial charge in [0.05, 0.1) is 12.0 Å². The van der Waals surface area contributed by atoms with Gasteiger partial charge >= 0.3 is 0 Å². The Bertz CT molecular complexity index is 951. The van der Waals surface area contributed by atoms with E-state index >= 15 is 0 Å². The first kappa shape index (κ1) is 24.9. The Kier molecular flexibility index (Phi) is 8.64. The van der Waals surface area contributed by atoms with Crippen molar-refractivity contribution in [2.24, 2.45) is 5.41 Å². The summed E-state index contributed by atoms with van der Waals surface area (Å²) in [5.41, 5.74) is 3.19. The first-order valence-corrected chi connectivity index (χ1v) is 11.7. The highest BCUT2D eigenvalue weighted by molar-refractivity contribution is 5.95. The predicted octanol–water partition coefficient (Wildman–Crippen LogP) is 3.98. The van der Waals surface area contributed by atoms with Crippen LogP contribution in [0.15, 0.2) is 48.5 Å². The standard InChI is InChI=1S/C27H36N2O4/c1-19(2)28-25(30)22-10-7-9-21(16-22)24-11-6-5-8-23(24)17-27(12-14-33-15-13-27)26(31)29-20(3)18-32-4/h5-11,16,19-20H,12-15,17-18H2,1-4H3,(H,28,30)(H,29,31)/t20-/m1/s1. The number of amides is 2. The van der Waals surface area contributed by atoms with Crippen molar-refractivity contribution in [3.8, 4) is 11.1 Å². The second kappa shape index (κ2) is 11.4. The zero-order chi connectivity index (χ0) is 23.8. The van der Waals surface area contributed by atoms with E-state index in [9.17, 15) is 9.59 Å². The second-order valence-electron chi connectivity index (χ2n) is 9.27. The largest absolute Gasteiger partial charge is 0.383 e. The molecule has 0 aromatic heterocycles. The van der Waals surface area contributed by atoms with Crippen LogP contribution < -0.4 is 10.6 Å². The molecule has 6 nitrogen and oxygen atoms in total. The molecule has 0 unspecified atom stereocenters. The fourth-order valence-corrected chi connectivity index (χ4v) is 4.41. The number of carbonyl (C=O) groups excluding carboxylic acids is 2. The van der Waals surface area contributed by atoms with Gasteiger partial charge in [0.15, 0.2) is 0 Å². The topological polar surface area (TPSA) is 76.7 Å². The third-order valence-corrected chi connectivity index (χ3v) is 6.13. The minimum absolute atomic E-state index is 0.0511. The molecule has 0 saturated carbocycles. The maximum Gasteiger partial charge on any atom is 0.251 e. The Morgan fingerprint density at radius 3 is 2.45 bits per heavy atom. The number of nitrogens with one attached hydrogen (secondary N) is 2. The van der Waals surface area contributed by atoms with Crippen molar-refractivity contribution in [2.45, 2.75) is 52.1 Å². The molecule has 1 saturated heterocycles. The number of benzene rings is 2. The normalized spacial score (nSPS) is 16.3. The molecular formula is C27H36N2O4. The van der Waals surface area contributed by atoms with Gasteiger partial charge in [-0.2, -0.15) is 0 Å². The second-order valence-corrected chi connectivity index (χ2v) is 9.27. The Labute approximate surface area is 197 Å². The Morgan fingerprint density at radius 1 is 1.03 bits per heavy atom. The third kappa shape index (κ3) is 6.42. The predicted molar refractivity (Wildman–Crippen MR) is 130 cm³/mol. The van der Waals surface area contributed by atoms with Crippen LogP contribution in [0, 0.1) is 5.41 Å². The lowest BCUT2D eigenvalue weighted by Crippen LogP contribution is -2.49. The van der Waals surface area contributed by atoms with Crippen LogP contribution in [0.3, 0.4) is 0 Å². The van der Waals surface area contributed by atoms with E-state index in [2.05, 4.69) is 22.8 Å².